The Hall–Kier alpha value is -6.38. The van der Waals surface area contributed by atoms with Crippen LogP contribution >= 0.6 is 0 Å². The van der Waals surface area contributed by atoms with E-state index in [0.717, 1.165) is 39.2 Å². The lowest BCUT2D eigenvalue weighted by molar-refractivity contribution is 0.0514. The minimum atomic E-state index is -0.935. The number of halogens is 2. The Kier molecular flexibility index (Phi) is 8.89. The molecule has 15 heteroatoms. The maximum absolute atomic E-state index is 15.6. The average Bonchev–Trinajstić information content (AvgIpc) is 3.69. The number of nitrogens with one attached hydrogen (secondary N) is 1. The molecular weight excluding hydrogens is 664 g/mol. The fourth-order valence-corrected chi connectivity index (χ4v) is 5.25. The van der Waals surface area contributed by atoms with Crippen LogP contribution in [0.25, 0.3) is 27.7 Å². The van der Waals surface area contributed by atoms with E-state index in [9.17, 15) is 23.6 Å². The minimum absolute atomic E-state index is 0.00134. The number of ether oxygens (including phenoxy) is 2. The highest BCUT2D eigenvalue weighted by molar-refractivity contribution is 6.04. The van der Waals surface area contributed by atoms with Crippen molar-refractivity contribution >= 4 is 28.6 Å². The highest BCUT2D eigenvalue weighted by atomic mass is 19.1. The van der Waals surface area contributed by atoms with E-state index in [1.54, 1.807) is 64.7 Å². The SMILES string of the molecule is CC(C)n1cc(C(=O)Nc2ccc(Oc3cc4cnn(C)c4cc3-c3cnn(C(=O)OC(C)(C)C)c3)c(F)c2)c(=O)n(-c2ccc(F)cc2)c1=O. The lowest BCUT2D eigenvalue weighted by Crippen LogP contribution is -2.42. The Morgan fingerprint density at radius 2 is 1.63 bits per heavy atom. The van der Waals surface area contributed by atoms with Gasteiger partial charge >= 0.3 is 11.8 Å². The van der Waals surface area contributed by atoms with E-state index in [4.69, 9.17) is 9.47 Å². The second-order valence-electron chi connectivity index (χ2n) is 13.0. The van der Waals surface area contributed by atoms with Gasteiger partial charge in [0.15, 0.2) is 11.6 Å². The standard InChI is InChI=1S/C36H33F2N7O6/c1-20(2)43-19-27(33(47)45(34(43)48)25-10-7-23(37)8-11-25)32(46)41-24-9-12-30(28(38)14-24)50-31-13-21-16-39-42(6)29(21)15-26(31)22-17-40-44(18-22)35(49)51-36(3,4)5/h7-20H,1-6H3,(H,41,46). The zero-order valence-corrected chi connectivity index (χ0v) is 28.5. The first-order valence-electron chi connectivity index (χ1n) is 15.8. The number of anilines is 1. The van der Waals surface area contributed by atoms with Crippen LogP contribution in [0.3, 0.4) is 0 Å². The Labute approximate surface area is 289 Å². The lowest BCUT2D eigenvalue weighted by atomic mass is 10.1. The highest BCUT2D eigenvalue weighted by Crippen LogP contribution is 2.38. The number of hydrogen-bond donors (Lipinski definition) is 1. The van der Waals surface area contributed by atoms with Gasteiger partial charge < -0.3 is 14.8 Å². The molecule has 3 heterocycles. The molecule has 0 saturated carbocycles. The summed E-state index contributed by atoms with van der Waals surface area (Å²) >= 11 is 0. The number of aromatic nitrogens is 6. The molecule has 262 valence electrons. The molecule has 0 atom stereocenters. The highest BCUT2D eigenvalue weighted by Gasteiger charge is 2.23. The largest absolute Gasteiger partial charge is 0.454 e. The molecule has 3 aromatic heterocycles. The van der Waals surface area contributed by atoms with E-state index in [2.05, 4.69) is 15.5 Å². The van der Waals surface area contributed by atoms with Crippen LogP contribution in [-0.4, -0.2) is 46.3 Å². The third kappa shape index (κ3) is 7.04. The molecule has 1 amide bonds. The topological polar surface area (TPSA) is 144 Å². The van der Waals surface area contributed by atoms with Crippen LogP contribution in [0.4, 0.5) is 19.3 Å². The van der Waals surface area contributed by atoms with Gasteiger partial charge in [0, 0.05) is 53.8 Å². The molecule has 1 N–H and O–H groups in total. The summed E-state index contributed by atoms with van der Waals surface area (Å²) in [7, 11) is 1.76. The second-order valence-corrected chi connectivity index (χ2v) is 13.0. The molecule has 13 nitrogen and oxygen atoms in total. The van der Waals surface area contributed by atoms with E-state index < -0.39 is 52.1 Å². The van der Waals surface area contributed by atoms with Gasteiger partial charge in [-0.1, -0.05) is 0 Å². The number of aryl methyl sites for hydroxylation is 1. The second kappa shape index (κ2) is 13.2. The number of benzene rings is 3. The van der Waals surface area contributed by atoms with Gasteiger partial charge in [-0.2, -0.15) is 14.9 Å². The normalized spacial score (nSPS) is 11.6. The molecule has 0 radical (unpaired) electrons. The van der Waals surface area contributed by atoms with Gasteiger partial charge in [-0.25, -0.2) is 22.9 Å². The third-order valence-corrected chi connectivity index (χ3v) is 7.73. The van der Waals surface area contributed by atoms with Gasteiger partial charge in [0.05, 0.1) is 23.6 Å². The average molecular weight is 698 g/mol. The summed E-state index contributed by atoms with van der Waals surface area (Å²) < 4.78 is 45.3. The maximum atomic E-state index is 15.6. The Bertz CT molecular complexity index is 2440. The molecule has 6 aromatic rings. The van der Waals surface area contributed by atoms with E-state index in [1.807, 2.05) is 0 Å². The molecule has 0 bridgehead atoms. The first kappa shape index (κ1) is 34.5. The molecule has 0 aliphatic rings. The predicted octanol–water partition coefficient (Wildman–Crippen LogP) is 6.44. The van der Waals surface area contributed by atoms with Crippen molar-refractivity contribution in [2.24, 2.45) is 7.05 Å². The molecule has 0 saturated heterocycles. The summed E-state index contributed by atoms with van der Waals surface area (Å²) in [5.74, 6) is -2.27. The zero-order valence-electron chi connectivity index (χ0n) is 28.5. The van der Waals surface area contributed by atoms with Crippen molar-refractivity contribution in [3.05, 3.63) is 117 Å². The molecular formula is C36H33F2N7O6. The molecule has 0 aliphatic heterocycles. The van der Waals surface area contributed by atoms with Crippen LogP contribution in [0.1, 0.15) is 51.0 Å². The van der Waals surface area contributed by atoms with Crippen LogP contribution in [0.15, 0.2) is 89.0 Å². The molecule has 3 aromatic carbocycles. The molecule has 0 aliphatic carbocycles. The third-order valence-electron chi connectivity index (χ3n) is 7.73. The number of rotatable bonds is 7. The van der Waals surface area contributed by atoms with Crippen LogP contribution in [0, 0.1) is 11.6 Å². The fourth-order valence-electron chi connectivity index (χ4n) is 5.25. The molecule has 0 spiro atoms. The summed E-state index contributed by atoms with van der Waals surface area (Å²) in [6.07, 6.45) is 5.01. The Morgan fingerprint density at radius 3 is 2.29 bits per heavy atom. The predicted molar refractivity (Wildman–Crippen MR) is 185 cm³/mol. The number of carbonyl (C=O) groups excluding carboxylic acids is 2. The quantitative estimate of drug-likeness (QED) is 0.201. The van der Waals surface area contributed by atoms with Crippen molar-refractivity contribution in [1.29, 1.82) is 0 Å². The van der Waals surface area contributed by atoms with Gasteiger partial charge in [-0.3, -0.25) is 18.8 Å². The Morgan fingerprint density at radius 1 is 0.902 bits per heavy atom. The molecule has 0 unspecified atom stereocenters. The summed E-state index contributed by atoms with van der Waals surface area (Å²) in [6.45, 7) is 8.60. The summed E-state index contributed by atoms with van der Waals surface area (Å²) in [6, 6.07) is 11.4. The van der Waals surface area contributed by atoms with Gasteiger partial charge in [-0.05, 0) is 83.1 Å². The summed E-state index contributed by atoms with van der Waals surface area (Å²) in [4.78, 5) is 52.6. The van der Waals surface area contributed by atoms with Crippen LogP contribution in [0.5, 0.6) is 11.5 Å². The Balaban J connectivity index is 1.31. The van der Waals surface area contributed by atoms with Crippen molar-refractivity contribution in [2.75, 3.05) is 5.32 Å². The lowest BCUT2D eigenvalue weighted by Gasteiger charge is -2.18. The molecule has 6 rings (SSSR count). The number of fused-ring (bicyclic) bond motifs is 1. The first-order valence-corrected chi connectivity index (χ1v) is 15.8. The van der Waals surface area contributed by atoms with Crippen molar-refractivity contribution in [1.82, 2.24) is 28.7 Å². The van der Waals surface area contributed by atoms with Crippen LogP contribution in [0.2, 0.25) is 0 Å². The summed E-state index contributed by atoms with van der Waals surface area (Å²) in [5, 5.41) is 11.6. The van der Waals surface area contributed by atoms with Gasteiger partial charge in [-0.15, -0.1) is 0 Å². The number of nitrogens with zero attached hydrogens (tertiary/aromatic N) is 6. The summed E-state index contributed by atoms with van der Waals surface area (Å²) in [5.41, 5.74) is -1.01. The number of hydrogen-bond acceptors (Lipinski definition) is 8. The van der Waals surface area contributed by atoms with Crippen LogP contribution < -0.4 is 21.3 Å². The molecule has 51 heavy (non-hydrogen) atoms. The first-order chi connectivity index (χ1) is 24.1. The van der Waals surface area contributed by atoms with E-state index in [1.165, 1.54) is 41.2 Å². The number of carbonyl (C=O) groups is 2. The zero-order chi connectivity index (χ0) is 36.8. The number of amides is 1. The van der Waals surface area contributed by atoms with Crippen molar-refractivity contribution in [3.8, 4) is 28.3 Å². The fraction of sp³-hybridized carbons (Fsp3) is 0.222. The van der Waals surface area contributed by atoms with Crippen molar-refractivity contribution < 1.29 is 27.8 Å². The van der Waals surface area contributed by atoms with E-state index in [-0.39, 0.29) is 22.9 Å². The minimum Gasteiger partial charge on any atom is -0.454 e. The van der Waals surface area contributed by atoms with Gasteiger partial charge in [0.1, 0.15) is 22.7 Å². The van der Waals surface area contributed by atoms with Crippen molar-refractivity contribution in [2.45, 2.75) is 46.3 Å². The van der Waals surface area contributed by atoms with Crippen molar-refractivity contribution in [3.63, 3.8) is 0 Å². The van der Waals surface area contributed by atoms with Gasteiger partial charge in [0.2, 0.25) is 0 Å². The molecule has 0 fully saturated rings. The maximum Gasteiger partial charge on any atom is 0.435 e. The van der Waals surface area contributed by atoms with E-state index >= 15 is 4.39 Å². The monoisotopic (exact) mass is 697 g/mol. The van der Waals surface area contributed by atoms with Crippen LogP contribution in [-0.2, 0) is 11.8 Å². The smallest absolute Gasteiger partial charge is 0.435 e. The van der Waals surface area contributed by atoms with Gasteiger partial charge in [0.25, 0.3) is 11.5 Å². The van der Waals surface area contributed by atoms with E-state index in [0.29, 0.717) is 16.5 Å².